The molecule has 1 heterocycles. The van der Waals surface area contributed by atoms with Gasteiger partial charge in [-0.2, -0.15) is 11.8 Å². The first-order valence-corrected chi connectivity index (χ1v) is 8.75. The number of likely N-dealkylation sites (N-methyl/N-ethyl adjacent to an activating group) is 2. The van der Waals surface area contributed by atoms with Gasteiger partial charge in [-0.25, -0.2) is 0 Å². The molecule has 1 saturated heterocycles. The van der Waals surface area contributed by atoms with Crippen LogP contribution in [0.3, 0.4) is 0 Å². The quantitative estimate of drug-likeness (QED) is 0.650. The lowest BCUT2D eigenvalue weighted by Crippen LogP contribution is -2.45. The van der Waals surface area contributed by atoms with Crippen LogP contribution in [0, 0.1) is 0 Å². The van der Waals surface area contributed by atoms with E-state index in [1.165, 1.54) is 51.1 Å². The molecule has 2 atom stereocenters. The molecule has 0 aromatic rings. The monoisotopic (exact) mass is 273 g/mol. The van der Waals surface area contributed by atoms with Crippen LogP contribution in [0.25, 0.3) is 0 Å². The first-order valence-electron chi connectivity index (χ1n) is 7.36. The summed E-state index contributed by atoms with van der Waals surface area (Å²) in [6.45, 7) is 6.74. The molecule has 18 heavy (non-hydrogen) atoms. The summed E-state index contributed by atoms with van der Waals surface area (Å²) in [5.41, 5.74) is 5.94. The van der Waals surface area contributed by atoms with Crippen LogP contribution in [0.2, 0.25) is 0 Å². The van der Waals surface area contributed by atoms with E-state index in [-0.39, 0.29) is 0 Å². The van der Waals surface area contributed by atoms with Gasteiger partial charge in [0.05, 0.1) is 0 Å². The summed E-state index contributed by atoms with van der Waals surface area (Å²) in [6, 6.07) is 1.33. The van der Waals surface area contributed by atoms with Crippen molar-refractivity contribution in [3.05, 3.63) is 0 Å². The molecular formula is C14H31N3S. The van der Waals surface area contributed by atoms with Crippen LogP contribution in [0.5, 0.6) is 0 Å². The number of nitrogens with two attached hydrogens (primary N) is 1. The third kappa shape index (κ3) is 5.08. The molecule has 1 aliphatic rings. The van der Waals surface area contributed by atoms with Gasteiger partial charge < -0.3 is 10.6 Å². The lowest BCUT2D eigenvalue weighted by atomic mass is 10.1. The normalized spacial score (nSPS) is 22.8. The zero-order valence-corrected chi connectivity index (χ0v) is 13.2. The number of hydrogen-bond donors (Lipinski definition) is 1. The zero-order valence-electron chi connectivity index (χ0n) is 12.4. The minimum atomic E-state index is 0.566. The van der Waals surface area contributed by atoms with Crippen LogP contribution in [0.1, 0.15) is 32.6 Å². The van der Waals surface area contributed by atoms with Crippen molar-refractivity contribution >= 4 is 11.8 Å². The maximum Gasteiger partial charge on any atom is 0.0223 e. The highest BCUT2D eigenvalue weighted by Gasteiger charge is 2.25. The SMILES string of the molecule is CCN1CCCC1CN(C)C(CN)CCCSC. The molecule has 2 N–H and O–H groups in total. The van der Waals surface area contributed by atoms with Gasteiger partial charge >= 0.3 is 0 Å². The van der Waals surface area contributed by atoms with E-state index in [0.29, 0.717) is 6.04 Å². The summed E-state index contributed by atoms with van der Waals surface area (Å²) in [6.07, 6.45) is 7.44. The Balaban J connectivity index is 2.33. The van der Waals surface area contributed by atoms with E-state index >= 15 is 0 Å². The third-order valence-electron chi connectivity index (χ3n) is 4.19. The van der Waals surface area contributed by atoms with Crippen LogP contribution in [-0.2, 0) is 0 Å². The average Bonchev–Trinajstić information content (AvgIpc) is 2.81. The lowest BCUT2D eigenvalue weighted by Gasteiger charge is -2.32. The van der Waals surface area contributed by atoms with Gasteiger partial charge in [-0.15, -0.1) is 0 Å². The van der Waals surface area contributed by atoms with Gasteiger partial charge in [0.25, 0.3) is 0 Å². The summed E-state index contributed by atoms with van der Waals surface area (Å²) in [4.78, 5) is 5.12. The fraction of sp³-hybridized carbons (Fsp3) is 1.00. The Labute approximate surface area is 117 Å². The molecule has 4 heteroatoms. The predicted octanol–water partition coefficient (Wildman–Crippen LogP) is 1.87. The van der Waals surface area contributed by atoms with Crippen molar-refractivity contribution in [2.24, 2.45) is 5.73 Å². The molecule has 0 radical (unpaired) electrons. The van der Waals surface area contributed by atoms with Gasteiger partial charge in [0, 0.05) is 25.2 Å². The van der Waals surface area contributed by atoms with Crippen molar-refractivity contribution < 1.29 is 0 Å². The molecule has 0 amide bonds. The summed E-state index contributed by atoms with van der Waals surface area (Å²) < 4.78 is 0. The highest BCUT2D eigenvalue weighted by Crippen LogP contribution is 2.18. The van der Waals surface area contributed by atoms with E-state index < -0.39 is 0 Å². The molecule has 0 aromatic carbocycles. The minimum absolute atomic E-state index is 0.566. The second kappa shape index (κ2) is 9.18. The Morgan fingerprint density at radius 3 is 2.89 bits per heavy atom. The van der Waals surface area contributed by atoms with Gasteiger partial charge in [0.15, 0.2) is 0 Å². The van der Waals surface area contributed by atoms with Crippen molar-refractivity contribution in [1.82, 2.24) is 9.80 Å². The third-order valence-corrected chi connectivity index (χ3v) is 4.88. The summed E-state index contributed by atoms with van der Waals surface area (Å²) >= 11 is 1.94. The molecule has 1 rings (SSSR count). The zero-order chi connectivity index (χ0) is 13.4. The molecule has 0 aliphatic carbocycles. The van der Waals surface area contributed by atoms with Crippen molar-refractivity contribution in [3.63, 3.8) is 0 Å². The van der Waals surface area contributed by atoms with E-state index in [4.69, 9.17) is 5.73 Å². The fourth-order valence-corrected chi connectivity index (χ4v) is 3.44. The molecule has 3 nitrogen and oxygen atoms in total. The molecule has 0 saturated carbocycles. The highest BCUT2D eigenvalue weighted by atomic mass is 32.2. The van der Waals surface area contributed by atoms with Crippen LogP contribution >= 0.6 is 11.8 Å². The van der Waals surface area contributed by atoms with Gasteiger partial charge in [-0.3, -0.25) is 4.90 Å². The first-order chi connectivity index (χ1) is 8.72. The first kappa shape index (κ1) is 16.3. The lowest BCUT2D eigenvalue weighted by molar-refractivity contribution is 0.160. The van der Waals surface area contributed by atoms with Crippen LogP contribution in [0.4, 0.5) is 0 Å². The minimum Gasteiger partial charge on any atom is -0.329 e. The summed E-state index contributed by atoms with van der Waals surface area (Å²) in [5.74, 6) is 1.26. The highest BCUT2D eigenvalue weighted by molar-refractivity contribution is 7.98. The second-order valence-electron chi connectivity index (χ2n) is 5.39. The molecule has 1 aliphatic heterocycles. The Morgan fingerprint density at radius 2 is 2.28 bits per heavy atom. The van der Waals surface area contributed by atoms with Crippen molar-refractivity contribution in [3.8, 4) is 0 Å². The van der Waals surface area contributed by atoms with Crippen molar-refractivity contribution in [1.29, 1.82) is 0 Å². The predicted molar refractivity (Wildman–Crippen MR) is 83.4 cm³/mol. The molecule has 1 fully saturated rings. The molecule has 108 valence electrons. The topological polar surface area (TPSA) is 32.5 Å². The Hall–Kier alpha value is 0.230. The number of likely N-dealkylation sites (tertiary alicyclic amines) is 1. The van der Waals surface area contributed by atoms with Crippen LogP contribution in [0.15, 0.2) is 0 Å². The van der Waals surface area contributed by atoms with Gasteiger partial charge in [-0.05, 0) is 57.8 Å². The second-order valence-corrected chi connectivity index (χ2v) is 6.37. The fourth-order valence-electron chi connectivity index (χ4n) is 2.98. The van der Waals surface area contributed by atoms with E-state index in [9.17, 15) is 0 Å². The molecule has 0 aromatic heterocycles. The Morgan fingerprint density at radius 1 is 1.50 bits per heavy atom. The number of hydrogen-bond acceptors (Lipinski definition) is 4. The largest absolute Gasteiger partial charge is 0.329 e. The smallest absolute Gasteiger partial charge is 0.0223 e. The maximum absolute atomic E-state index is 5.94. The number of thioether (sulfide) groups is 1. The Bertz CT molecular complexity index is 213. The van der Waals surface area contributed by atoms with Crippen LogP contribution < -0.4 is 5.73 Å². The van der Waals surface area contributed by atoms with E-state index in [1.807, 2.05) is 11.8 Å². The number of rotatable bonds is 9. The van der Waals surface area contributed by atoms with E-state index in [0.717, 1.165) is 12.6 Å². The van der Waals surface area contributed by atoms with Gasteiger partial charge in [0.1, 0.15) is 0 Å². The molecular weight excluding hydrogens is 242 g/mol. The van der Waals surface area contributed by atoms with E-state index in [1.54, 1.807) is 0 Å². The maximum atomic E-state index is 5.94. The van der Waals surface area contributed by atoms with E-state index in [2.05, 4.69) is 30.0 Å². The van der Waals surface area contributed by atoms with Crippen LogP contribution in [-0.4, -0.2) is 67.1 Å². The summed E-state index contributed by atoms with van der Waals surface area (Å²) in [7, 11) is 2.25. The molecule has 0 spiro atoms. The molecule has 2 unspecified atom stereocenters. The van der Waals surface area contributed by atoms with Crippen molar-refractivity contribution in [2.75, 3.05) is 45.2 Å². The summed E-state index contributed by atoms with van der Waals surface area (Å²) in [5, 5.41) is 0. The van der Waals surface area contributed by atoms with Gasteiger partial charge in [0.2, 0.25) is 0 Å². The van der Waals surface area contributed by atoms with Crippen molar-refractivity contribution in [2.45, 2.75) is 44.7 Å². The van der Waals surface area contributed by atoms with Gasteiger partial charge in [-0.1, -0.05) is 6.92 Å². The molecule has 0 bridgehead atoms. The Kier molecular flexibility index (Phi) is 8.31. The number of nitrogens with zero attached hydrogens (tertiary/aromatic N) is 2. The average molecular weight is 273 g/mol. The standard InChI is InChI=1S/C14H31N3S/c1-4-17-9-5-7-14(17)12-16(2)13(11-15)8-6-10-18-3/h13-14H,4-12,15H2,1-3H3.